The van der Waals surface area contributed by atoms with Crippen molar-refractivity contribution in [3.8, 4) is 23.0 Å². The molecule has 0 spiro atoms. The van der Waals surface area contributed by atoms with E-state index >= 15 is 4.39 Å². The molecule has 188 valence electrons. The van der Waals surface area contributed by atoms with Crippen LogP contribution >= 0.6 is 0 Å². The van der Waals surface area contributed by atoms with Crippen molar-refractivity contribution in [1.82, 2.24) is 9.88 Å². The van der Waals surface area contributed by atoms with E-state index in [0.29, 0.717) is 46.5 Å². The van der Waals surface area contributed by atoms with Gasteiger partial charge in [0, 0.05) is 35.4 Å². The third-order valence-corrected chi connectivity index (χ3v) is 7.12. The van der Waals surface area contributed by atoms with Crippen molar-refractivity contribution >= 4 is 11.1 Å². The summed E-state index contributed by atoms with van der Waals surface area (Å²) in [6, 6.07) is 12.9. The number of fused-ring (bicyclic) bond motifs is 1. The van der Waals surface area contributed by atoms with E-state index in [1.165, 1.54) is 18.6 Å². The fourth-order valence-electron chi connectivity index (χ4n) is 5.04. The summed E-state index contributed by atoms with van der Waals surface area (Å²) in [5.41, 5.74) is 2.93. The first-order valence-corrected chi connectivity index (χ1v) is 12.3. The van der Waals surface area contributed by atoms with Crippen molar-refractivity contribution < 1.29 is 24.1 Å². The largest absolute Gasteiger partial charge is 0.508 e. The normalized spacial score (nSPS) is 20.7. The molecule has 0 bridgehead atoms. The summed E-state index contributed by atoms with van der Waals surface area (Å²) in [6.07, 6.45) is 2.21. The van der Waals surface area contributed by atoms with Gasteiger partial charge in [-0.2, -0.15) is 0 Å². The van der Waals surface area contributed by atoms with Crippen LogP contribution in [0, 0.1) is 11.7 Å². The average molecular weight is 491 g/mol. The maximum Gasteiger partial charge on any atom is 0.167 e. The van der Waals surface area contributed by atoms with Crippen molar-refractivity contribution in [2.75, 3.05) is 19.7 Å². The monoisotopic (exact) mass is 490 g/mol. The molecule has 3 atom stereocenters. The molecule has 0 saturated carbocycles. The zero-order valence-electron chi connectivity index (χ0n) is 20.7. The molecular weight excluding hydrogens is 459 g/mol. The first-order valence-electron chi connectivity index (χ1n) is 12.3. The molecule has 2 N–H and O–H groups in total. The maximum absolute atomic E-state index is 15.0. The number of ether oxygens (including phenoxy) is 2. The molecule has 6 nitrogen and oxygen atoms in total. The summed E-state index contributed by atoms with van der Waals surface area (Å²) in [5.74, 6) is 1.34. The van der Waals surface area contributed by atoms with Gasteiger partial charge in [-0.1, -0.05) is 6.92 Å². The minimum absolute atomic E-state index is 0.0953. The van der Waals surface area contributed by atoms with Crippen LogP contribution < -0.4 is 9.47 Å². The van der Waals surface area contributed by atoms with Crippen molar-refractivity contribution in [3.63, 3.8) is 0 Å². The van der Waals surface area contributed by atoms with Crippen molar-refractivity contribution in [2.24, 2.45) is 5.92 Å². The fraction of sp³-hybridized carbons (Fsp3) is 0.345. The van der Waals surface area contributed by atoms with E-state index in [4.69, 9.17) is 9.47 Å². The second-order valence-electron chi connectivity index (χ2n) is 9.85. The Balaban J connectivity index is 1.43. The van der Waals surface area contributed by atoms with Crippen molar-refractivity contribution in [2.45, 2.75) is 39.3 Å². The van der Waals surface area contributed by atoms with Crippen LogP contribution in [0.2, 0.25) is 0 Å². The number of hydrogen-bond acceptors (Lipinski definition) is 6. The van der Waals surface area contributed by atoms with E-state index in [2.05, 4.69) is 23.7 Å². The molecule has 0 radical (unpaired) electrons. The first kappa shape index (κ1) is 24.1. The average Bonchev–Trinajstić information content (AvgIpc) is 3.30. The van der Waals surface area contributed by atoms with Gasteiger partial charge in [0.2, 0.25) is 0 Å². The number of phenols is 2. The van der Waals surface area contributed by atoms with Gasteiger partial charge in [0.25, 0.3) is 0 Å². The number of aromatic hydroxyl groups is 2. The summed E-state index contributed by atoms with van der Waals surface area (Å²) >= 11 is 0. The molecule has 3 heterocycles. The van der Waals surface area contributed by atoms with Crippen LogP contribution in [0.15, 0.2) is 54.7 Å². The molecule has 2 aromatic carbocycles. The predicted molar refractivity (Wildman–Crippen MR) is 137 cm³/mol. The Hall–Kier alpha value is -3.58. The van der Waals surface area contributed by atoms with Gasteiger partial charge in [0.15, 0.2) is 6.10 Å². The Morgan fingerprint density at radius 3 is 2.58 bits per heavy atom. The van der Waals surface area contributed by atoms with Crippen LogP contribution in [0.3, 0.4) is 0 Å². The number of benzene rings is 2. The highest BCUT2D eigenvalue weighted by Gasteiger charge is 2.32. The number of hydrogen-bond donors (Lipinski definition) is 2. The zero-order chi connectivity index (χ0) is 25.4. The highest BCUT2D eigenvalue weighted by atomic mass is 19.1. The number of rotatable bonds is 6. The molecule has 1 aromatic heterocycles. The van der Waals surface area contributed by atoms with Gasteiger partial charge in [-0.05, 0) is 80.8 Å². The first-order chi connectivity index (χ1) is 17.3. The number of pyridine rings is 1. The van der Waals surface area contributed by atoms with Crippen LogP contribution in [-0.4, -0.2) is 45.8 Å². The van der Waals surface area contributed by atoms with Crippen LogP contribution in [0.4, 0.5) is 4.39 Å². The lowest BCUT2D eigenvalue weighted by molar-refractivity contribution is 0.168. The minimum atomic E-state index is -0.680. The molecule has 1 fully saturated rings. The van der Waals surface area contributed by atoms with E-state index in [-0.39, 0.29) is 11.5 Å². The third-order valence-electron chi connectivity index (χ3n) is 7.12. The zero-order valence-corrected chi connectivity index (χ0v) is 20.7. The number of aromatic nitrogens is 1. The number of likely N-dealkylation sites (tertiary alicyclic amines) is 1. The molecule has 0 aliphatic carbocycles. The van der Waals surface area contributed by atoms with Gasteiger partial charge in [0.1, 0.15) is 35.4 Å². The highest BCUT2D eigenvalue weighted by Crippen LogP contribution is 2.47. The summed E-state index contributed by atoms with van der Waals surface area (Å²) in [7, 11) is 0. The van der Waals surface area contributed by atoms with Crippen LogP contribution in [-0.2, 0) is 0 Å². The Morgan fingerprint density at radius 2 is 1.89 bits per heavy atom. The maximum atomic E-state index is 15.0. The highest BCUT2D eigenvalue weighted by molar-refractivity contribution is 5.95. The van der Waals surface area contributed by atoms with Gasteiger partial charge < -0.3 is 19.7 Å². The lowest BCUT2D eigenvalue weighted by Gasteiger charge is -2.30. The molecule has 3 aromatic rings. The van der Waals surface area contributed by atoms with Gasteiger partial charge in [-0.25, -0.2) is 4.39 Å². The molecule has 2 aliphatic rings. The molecular formula is C29H31FN2O4. The lowest BCUT2D eigenvalue weighted by atomic mass is 9.87. The minimum Gasteiger partial charge on any atom is -0.508 e. The number of allylic oxidation sites excluding steroid dienone is 1. The summed E-state index contributed by atoms with van der Waals surface area (Å²) in [5, 5.41) is 19.8. The SMILES string of the molecule is CC1=C(c2ccc(O)cc2F)C(c2ccc(OC[C@H](C)N3CC[C@@H](C)C3)cn2)Oc2ccc(O)cc21. The van der Waals surface area contributed by atoms with Gasteiger partial charge in [0.05, 0.1) is 11.9 Å². The third kappa shape index (κ3) is 4.75. The number of phenolic OH excluding ortho intramolecular Hbond substituents is 2. The topological polar surface area (TPSA) is 75.1 Å². The van der Waals surface area contributed by atoms with E-state index in [1.54, 1.807) is 24.4 Å². The van der Waals surface area contributed by atoms with Gasteiger partial charge in [-0.3, -0.25) is 9.88 Å². The smallest absolute Gasteiger partial charge is 0.167 e. The molecule has 5 rings (SSSR count). The Labute approximate surface area is 210 Å². The Bertz CT molecular complexity index is 1290. The number of nitrogens with zero attached hydrogens (tertiary/aromatic N) is 2. The van der Waals surface area contributed by atoms with Crippen molar-refractivity contribution in [3.05, 3.63) is 77.4 Å². The van der Waals surface area contributed by atoms with Crippen LogP contribution in [0.1, 0.15) is 50.1 Å². The molecule has 36 heavy (non-hydrogen) atoms. The fourth-order valence-corrected chi connectivity index (χ4v) is 5.04. The Kier molecular flexibility index (Phi) is 6.58. The second kappa shape index (κ2) is 9.82. The predicted octanol–water partition coefficient (Wildman–Crippen LogP) is 5.81. The van der Waals surface area contributed by atoms with Crippen molar-refractivity contribution in [1.29, 1.82) is 0 Å². The van der Waals surface area contributed by atoms with Crippen LogP contribution in [0.5, 0.6) is 23.0 Å². The second-order valence-corrected chi connectivity index (χ2v) is 9.85. The van der Waals surface area contributed by atoms with E-state index in [0.717, 1.165) is 30.6 Å². The molecule has 1 unspecified atom stereocenters. The summed E-state index contributed by atoms with van der Waals surface area (Å²) in [6.45, 7) is 9.10. The number of halogens is 1. The lowest BCUT2D eigenvalue weighted by Crippen LogP contribution is -2.35. The van der Waals surface area contributed by atoms with E-state index in [9.17, 15) is 10.2 Å². The summed E-state index contributed by atoms with van der Waals surface area (Å²) in [4.78, 5) is 7.07. The Morgan fingerprint density at radius 1 is 1.11 bits per heavy atom. The summed E-state index contributed by atoms with van der Waals surface area (Å²) < 4.78 is 27.3. The molecule has 2 aliphatic heterocycles. The molecule has 0 amide bonds. The van der Waals surface area contributed by atoms with Gasteiger partial charge in [-0.15, -0.1) is 0 Å². The quantitative estimate of drug-likeness (QED) is 0.455. The molecule has 1 saturated heterocycles. The van der Waals surface area contributed by atoms with E-state index < -0.39 is 11.9 Å². The van der Waals surface area contributed by atoms with E-state index in [1.807, 2.05) is 19.1 Å². The standard InChI is InChI=1S/C29H31FN2O4/c1-17-10-11-32(15-17)18(2)16-35-22-6-8-26(31-14-22)29-28(23-7-4-21(34)13-25(23)30)19(3)24-12-20(33)5-9-27(24)36-29/h4-9,12-14,17-18,29,33-34H,10-11,15-16H2,1-3H3/t17-,18+,29?/m1/s1. The van der Waals surface area contributed by atoms with Crippen LogP contribution in [0.25, 0.3) is 11.1 Å². The van der Waals surface area contributed by atoms with Gasteiger partial charge >= 0.3 is 0 Å². The molecule has 7 heteroatoms.